The Morgan fingerprint density at radius 1 is 0.846 bits per heavy atom. The molecule has 2 aromatic rings. The normalized spacial score (nSPS) is 20.6. The third-order valence-corrected chi connectivity index (χ3v) is 6.58. The maximum absolute atomic E-state index is 2.38. The van der Waals surface area contributed by atoms with E-state index in [0.29, 0.717) is 0 Å². The second-order valence-electron chi connectivity index (χ2n) is 8.17. The zero-order chi connectivity index (χ0) is 18.5. The highest BCUT2D eigenvalue weighted by atomic mass is 14.3. The van der Waals surface area contributed by atoms with Gasteiger partial charge in [-0.05, 0) is 111 Å². The van der Waals surface area contributed by atoms with Crippen LogP contribution in [0.15, 0.2) is 48.6 Å². The highest BCUT2D eigenvalue weighted by Crippen LogP contribution is 2.38. The third-order valence-electron chi connectivity index (χ3n) is 6.58. The molecule has 1 saturated carbocycles. The van der Waals surface area contributed by atoms with Crippen molar-refractivity contribution in [1.29, 1.82) is 0 Å². The van der Waals surface area contributed by atoms with Crippen LogP contribution in [0.1, 0.15) is 73.6 Å². The van der Waals surface area contributed by atoms with Gasteiger partial charge in [0.25, 0.3) is 0 Å². The van der Waals surface area contributed by atoms with Crippen LogP contribution in [-0.4, -0.2) is 0 Å². The third kappa shape index (κ3) is 4.29. The quantitative estimate of drug-likeness (QED) is 0.482. The van der Waals surface area contributed by atoms with Gasteiger partial charge in [-0.15, -0.1) is 0 Å². The van der Waals surface area contributed by atoms with Crippen molar-refractivity contribution in [3.8, 4) is 11.1 Å². The van der Waals surface area contributed by atoms with E-state index >= 15 is 0 Å². The number of aryl methyl sites for hydroxylation is 1. The number of allylic oxidation sites excluding steroid dienone is 2. The molecule has 0 aliphatic heterocycles. The van der Waals surface area contributed by atoms with Gasteiger partial charge in [-0.3, -0.25) is 0 Å². The molecule has 0 saturated heterocycles. The standard InChI is InChI=1S/C26H34/c1-5-6-7-8-22-10-12-23(13-11-22)24-14-16-25(17-15-24)26-18-9-19(2)20(3)21(26)4/h5-6,9,14-18,22-23H,7-8,10-13H2,1-4H3/b6-5+. The van der Waals surface area contributed by atoms with Crippen molar-refractivity contribution in [2.45, 2.75) is 72.1 Å². The highest BCUT2D eigenvalue weighted by molar-refractivity contribution is 5.69. The molecule has 0 unspecified atom stereocenters. The molecule has 1 fully saturated rings. The van der Waals surface area contributed by atoms with Crippen molar-refractivity contribution in [2.75, 3.05) is 0 Å². The average molecular weight is 347 g/mol. The summed E-state index contributed by atoms with van der Waals surface area (Å²) in [5.74, 6) is 1.71. The van der Waals surface area contributed by atoms with Crippen molar-refractivity contribution < 1.29 is 0 Å². The summed E-state index contributed by atoms with van der Waals surface area (Å²) in [5.41, 5.74) is 8.50. The number of hydrogen-bond acceptors (Lipinski definition) is 0. The Morgan fingerprint density at radius 2 is 1.54 bits per heavy atom. The molecule has 0 amide bonds. The van der Waals surface area contributed by atoms with E-state index in [1.165, 1.54) is 66.3 Å². The van der Waals surface area contributed by atoms with Gasteiger partial charge in [0, 0.05) is 0 Å². The fourth-order valence-corrected chi connectivity index (χ4v) is 4.49. The zero-order valence-corrected chi connectivity index (χ0v) is 17.0. The van der Waals surface area contributed by atoms with Crippen molar-refractivity contribution in [1.82, 2.24) is 0 Å². The Hall–Kier alpha value is -1.82. The predicted octanol–water partition coefficient (Wildman–Crippen LogP) is 7.91. The van der Waals surface area contributed by atoms with E-state index in [9.17, 15) is 0 Å². The van der Waals surface area contributed by atoms with Crippen LogP contribution in [0.2, 0.25) is 0 Å². The van der Waals surface area contributed by atoms with Crippen molar-refractivity contribution in [3.63, 3.8) is 0 Å². The van der Waals surface area contributed by atoms with E-state index in [4.69, 9.17) is 0 Å². The first-order valence-corrected chi connectivity index (χ1v) is 10.4. The molecule has 0 spiro atoms. The van der Waals surface area contributed by atoms with Gasteiger partial charge in [0.1, 0.15) is 0 Å². The SMILES string of the molecule is C/C=C/CCC1CCC(c2ccc(-c3ccc(C)c(C)c3C)cc2)CC1. The lowest BCUT2D eigenvalue weighted by Gasteiger charge is -2.28. The lowest BCUT2D eigenvalue weighted by atomic mass is 9.77. The smallest absolute Gasteiger partial charge is 0.0152 e. The van der Waals surface area contributed by atoms with Gasteiger partial charge >= 0.3 is 0 Å². The van der Waals surface area contributed by atoms with Gasteiger partial charge in [0.15, 0.2) is 0 Å². The molecule has 0 bridgehead atoms. The molecule has 0 N–H and O–H groups in total. The second kappa shape index (κ2) is 8.71. The summed E-state index contributed by atoms with van der Waals surface area (Å²) in [5, 5.41) is 0. The van der Waals surface area contributed by atoms with Gasteiger partial charge in [0.2, 0.25) is 0 Å². The van der Waals surface area contributed by atoms with Crippen LogP contribution < -0.4 is 0 Å². The first-order chi connectivity index (χ1) is 12.6. The largest absolute Gasteiger partial charge is 0.0917 e. The topological polar surface area (TPSA) is 0 Å². The molecule has 0 heteroatoms. The summed E-state index contributed by atoms with van der Waals surface area (Å²) in [6, 6.07) is 14.0. The van der Waals surface area contributed by atoms with E-state index in [2.05, 4.69) is 76.2 Å². The minimum Gasteiger partial charge on any atom is -0.0917 e. The van der Waals surface area contributed by atoms with Crippen LogP contribution in [0.3, 0.4) is 0 Å². The van der Waals surface area contributed by atoms with Crippen molar-refractivity contribution >= 4 is 0 Å². The average Bonchev–Trinajstić information content (AvgIpc) is 2.67. The molecule has 0 nitrogen and oxygen atoms in total. The Labute approximate surface area is 160 Å². The summed E-state index contributed by atoms with van der Waals surface area (Å²) in [7, 11) is 0. The van der Waals surface area contributed by atoms with Crippen molar-refractivity contribution in [3.05, 3.63) is 70.8 Å². The molecule has 0 atom stereocenters. The van der Waals surface area contributed by atoms with Gasteiger partial charge < -0.3 is 0 Å². The first kappa shape index (κ1) is 19.0. The van der Waals surface area contributed by atoms with Crippen molar-refractivity contribution in [2.24, 2.45) is 5.92 Å². The monoisotopic (exact) mass is 346 g/mol. The molecule has 2 aromatic carbocycles. The molecular weight excluding hydrogens is 312 g/mol. The molecule has 0 radical (unpaired) electrons. The molecular formula is C26H34. The summed E-state index contributed by atoms with van der Waals surface area (Å²) in [6.07, 6.45) is 12.7. The predicted molar refractivity (Wildman–Crippen MR) is 115 cm³/mol. The zero-order valence-electron chi connectivity index (χ0n) is 17.0. The fraction of sp³-hybridized carbons (Fsp3) is 0.462. The van der Waals surface area contributed by atoms with Gasteiger partial charge in [-0.2, -0.15) is 0 Å². The summed E-state index contributed by atoms with van der Waals surface area (Å²) < 4.78 is 0. The van der Waals surface area contributed by atoms with Crippen LogP contribution in [-0.2, 0) is 0 Å². The fourth-order valence-electron chi connectivity index (χ4n) is 4.49. The summed E-state index contributed by atoms with van der Waals surface area (Å²) >= 11 is 0. The highest BCUT2D eigenvalue weighted by Gasteiger charge is 2.22. The Bertz CT molecular complexity index is 740. The number of benzene rings is 2. The van der Waals surface area contributed by atoms with Crippen LogP contribution in [0.5, 0.6) is 0 Å². The van der Waals surface area contributed by atoms with E-state index in [1.54, 1.807) is 5.56 Å². The summed E-state index contributed by atoms with van der Waals surface area (Å²) in [4.78, 5) is 0. The van der Waals surface area contributed by atoms with E-state index < -0.39 is 0 Å². The molecule has 26 heavy (non-hydrogen) atoms. The van der Waals surface area contributed by atoms with E-state index in [-0.39, 0.29) is 0 Å². The lowest BCUT2D eigenvalue weighted by Crippen LogP contribution is -2.13. The molecule has 0 heterocycles. The van der Waals surface area contributed by atoms with Crippen LogP contribution >= 0.6 is 0 Å². The maximum Gasteiger partial charge on any atom is -0.0152 e. The van der Waals surface area contributed by atoms with Crippen LogP contribution in [0, 0.1) is 26.7 Å². The molecule has 3 rings (SSSR count). The Balaban J connectivity index is 1.65. The van der Waals surface area contributed by atoms with Gasteiger partial charge in [-0.1, -0.05) is 48.6 Å². The Morgan fingerprint density at radius 3 is 2.19 bits per heavy atom. The number of rotatable bonds is 5. The van der Waals surface area contributed by atoms with Gasteiger partial charge in [-0.25, -0.2) is 0 Å². The number of hydrogen-bond donors (Lipinski definition) is 0. The minimum atomic E-state index is 0.767. The molecule has 1 aliphatic rings. The second-order valence-corrected chi connectivity index (χ2v) is 8.17. The van der Waals surface area contributed by atoms with Crippen LogP contribution in [0.25, 0.3) is 11.1 Å². The molecule has 1 aliphatic carbocycles. The first-order valence-electron chi connectivity index (χ1n) is 10.4. The van der Waals surface area contributed by atoms with Gasteiger partial charge in [0.05, 0.1) is 0 Å². The minimum absolute atomic E-state index is 0.767. The lowest BCUT2D eigenvalue weighted by molar-refractivity contribution is 0.312. The molecule has 0 aromatic heterocycles. The van der Waals surface area contributed by atoms with E-state index in [0.717, 1.165) is 11.8 Å². The van der Waals surface area contributed by atoms with Crippen LogP contribution in [0.4, 0.5) is 0 Å². The molecule has 138 valence electrons. The van der Waals surface area contributed by atoms with E-state index in [1.807, 2.05) is 0 Å². The maximum atomic E-state index is 2.38. The summed E-state index contributed by atoms with van der Waals surface area (Å²) in [6.45, 7) is 8.81. The Kier molecular flexibility index (Phi) is 6.35.